The van der Waals surface area contributed by atoms with E-state index in [4.69, 9.17) is 9.84 Å². The first-order valence-electron chi connectivity index (χ1n) is 5.75. The molecule has 0 saturated heterocycles. The number of ether oxygens (including phenoxy) is 1. The molecule has 0 aromatic carbocycles. The molecule has 1 rings (SSSR count). The SMILES string of the molecule is COCCNCc1ccc(SCCCO)nc1. The predicted molar refractivity (Wildman–Crippen MR) is 70.2 cm³/mol. The Kier molecular flexibility index (Phi) is 8.00. The van der Waals surface area contributed by atoms with E-state index in [1.54, 1.807) is 18.9 Å². The summed E-state index contributed by atoms with van der Waals surface area (Å²) in [5, 5.41) is 13.0. The minimum Gasteiger partial charge on any atom is -0.396 e. The second-order valence-corrected chi connectivity index (χ2v) is 4.72. The highest BCUT2D eigenvalue weighted by Crippen LogP contribution is 2.15. The van der Waals surface area contributed by atoms with Gasteiger partial charge in [0, 0.05) is 38.8 Å². The molecular formula is C12H20N2O2S. The second-order valence-electron chi connectivity index (χ2n) is 3.60. The molecule has 2 N–H and O–H groups in total. The highest BCUT2D eigenvalue weighted by atomic mass is 32.2. The largest absolute Gasteiger partial charge is 0.396 e. The van der Waals surface area contributed by atoms with Crippen LogP contribution in [0.4, 0.5) is 0 Å². The third-order valence-corrected chi connectivity index (χ3v) is 3.19. The average Bonchev–Trinajstić information content (AvgIpc) is 2.37. The van der Waals surface area contributed by atoms with Crippen LogP contribution >= 0.6 is 11.8 Å². The maximum Gasteiger partial charge on any atom is 0.0960 e. The van der Waals surface area contributed by atoms with E-state index in [0.29, 0.717) is 0 Å². The summed E-state index contributed by atoms with van der Waals surface area (Å²) in [6, 6.07) is 4.10. The molecule has 4 nitrogen and oxygen atoms in total. The number of pyridine rings is 1. The highest BCUT2D eigenvalue weighted by molar-refractivity contribution is 7.99. The number of aromatic nitrogens is 1. The van der Waals surface area contributed by atoms with Gasteiger partial charge in [-0.25, -0.2) is 4.98 Å². The lowest BCUT2D eigenvalue weighted by Gasteiger charge is -2.05. The van der Waals surface area contributed by atoms with Gasteiger partial charge in [0.1, 0.15) is 0 Å². The van der Waals surface area contributed by atoms with E-state index >= 15 is 0 Å². The van der Waals surface area contributed by atoms with Gasteiger partial charge in [-0.1, -0.05) is 6.07 Å². The lowest BCUT2D eigenvalue weighted by Crippen LogP contribution is -2.18. The number of aliphatic hydroxyl groups is 1. The van der Waals surface area contributed by atoms with Crippen molar-refractivity contribution in [1.29, 1.82) is 0 Å². The molecule has 0 amide bonds. The van der Waals surface area contributed by atoms with Crippen molar-refractivity contribution in [3.05, 3.63) is 23.9 Å². The molecule has 5 heteroatoms. The average molecular weight is 256 g/mol. The van der Waals surface area contributed by atoms with E-state index in [1.807, 2.05) is 12.3 Å². The van der Waals surface area contributed by atoms with E-state index in [9.17, 15) is 0 Å². The molecule has 0 fully saturated rings. The predicted octanol–water partition coefficient (Wildman–Crippen LogP) is 1.29. The highest BCUT2D eigenvalue weighted by Gasteiger charge is 1.97. The van der Waals surface area contributed by atoms with E-state index in [-0.39, 0.29) is 6.61 Å². The molecule has 0 bridgehead atoms. The van der Waals surface area contributed by atoms with Crippen molar-refractivity contribution in [3.8, 4) is 0 Å². The van der Waals surface area contributed by atoms with Crippen LogP contribution in [-0.2, 0) is 11.3 Å². The summed E-state index contributed by atoms with van der Waals surface area (Å²) in [7, 11) is 1.70. The van der Waals surface area contributed by atoms with Gasteiger partial charge in [-0.15, -0.1) is 11.8 Å². The number of hydrogen-bond acceptors (Lipinski definition) is 5. The first-order valence-corrected chi connectivity index (χ1v) is 6.73. The fourth-order valence-electron chi connectivity index (χ4n) is 1.25. The molecule has 0 spiro atoms. The third-order valence-electron chi connectivity index (χ3n) is 2.16. The minimum atomic E-state index is 0.245. The number of thioether (sulfide) groups is 1. The normalized spacial score (nSPS) is 10.7. The molecule has 0 atom stereocenters. The summed E-state index contributed by atoms with van der Waals surface area (Å²) < 4.78 is 4.95. The lowest BCUT2D eigenvalue weighted by molar-refractivity contribution is 0.199. The van der Waals surface area contributed by atoms with Crippen molar-refractivity contribution in [3.63, 3.8) is 0 Å². The standard InChI is InChI=1S/C12H20N2O2S/c1-16-7-5-13-9-11-3-4-12(14-10-11)17-8-2-6-15/h3-4,10,13,15H,2,5-9H2,1H3. The molecule has 0 radical (unpaired) electrons. The van der Waals surface area contributed by atoms with Gasteiger partial charge in [0.2, 0.25) is 0 Å². The van der Waals surface area contributed by atoms with Gasteiger partial charge in [-0.2, -0.15) is 0 Å². The van der Waals surface area contributed by atoms with Gasteiger partial charge in [0.25, 0.3) is 0 Å². The van der Waals surface area contributed by atoms with Crippen LogP contribution in [0.25, 0.3) is 0 Å². The van der Waals surface area contributed by atoms with E-state index in [1.165, 1.54) is 5.56 Å². The Morgan fingerprint density at radius 2 is 2.35 bits per heavy atom. The van der Waals surface area contributed by atoms with E-state index < -0.39 is 0 Å². The molecule has 1 aromatic heterocycles. The minimum absolute atomic E-state index is 0.245. The number of hydrogen-bond donors (Lipinski definition) is 2. The van der Waals surface area contributed by atoms with Crippen LogP contribution in [0.15, 0.2) is 23.4 Å². The Bertz CT molecular complexity index is 293. The second kappa shape index (κ2) is 9.41. The Balaban J connectivity index is 2.24. The quantitative estimate of drug-likeness (QED) is 0.515. The zero-order chi connectivity index (χ0) is 12.3. The van der Waals surface area contributed by atoms with Crippen LogP contribution in [0.1, 0.15) is 12.0 Å². The summed E-state index contributed by atoms with van der Waals surface area (Å²) in [6.45, 7) is 2.64. The molecular weight excluding hydrogens is 236 g/mol. The molecule has 0 aliphatic rings. The summed E-state index contributed by atoms with van der Waals surface area (Å²) in [5.41, 5.74) is 1.17. The smallest absolute Gasteiger partial charge is 0.0960 e. The molecule has 96 valence electrons. The van der Waals surface area contributed by atoms with Crippen LogP contribution in [-0.4, -0.2) is 42.7 Å². The number of rotatable bonds is 9. The molecule has 0 unspecified atom stereocenters. The topological polar surface area (TPSA) is 54.4 Å². The van der Waals surface area contributed by atoms with Crippen molar-refractivity contribution in [2.24, 2.45) is 0 Å². The van der Waals surface area contributed by atoms with Crippen molar-refractivity contribution in [1.82, 2.24) is 10.3 Å². The lowest BCUT2D eigenvalue weighted by atomic mass is 10.3. The molecule has 1 aromatic rings. The zero-order valence-corrected chi connectivity index (χ0v) is 11.0. The van der Waals surface area contributed by atoms with Crippen LogP contribution in [0.5, 0.6) is 0 Å². The zero-order valence-electron chi connectivity index (χ0n) is 10.2. The Morgan fingerprint density at radius 1 is 1.47 bits per heavy atom. The van der Waals surface area contributed by atoms with E-state index in [0.717, 1.165) is 36.9 Å². The monoisotopic (exact) mass is 256 g/mol. The third kappa shape index (κ3) is 6.63. The molecule has 0 aliphatic carbocycles. The number of methoxy groups -OCH3 is 1. The van der Waals surface area contributed by atoms with Crippen LogP contribution in [0.2, 0.25) is 0 Å². The maximum absolute atomic E-state index is 8.68. The summed E-state index contributed by atoms with van der Waals surface area (Å²) in [6.07, 6.45) is 2.70. The van der Waals surface area contributed by atoms with Crippen molar-refractivity contribution in [2.75, 3.05) is 32.6 Å². The number of nitrogens with one attached hydrogen (secondary N) is 1. The van der Waals surface area contributed by atoms with Gasteiger partial charge in [-0.05, 0) is 18.1 Å². The molecule has 0 saturated carbocycles. The van der Waals surface area contributed by atoms with Gasteiger partial charge in [0.05, 0.1) is 11.6 Å². The van der Waals surface area contributed by atoms with Gasteiger partial charge < -0.3 is 15.2 Å². The van der Waals surface area contributed by atoms with Crippen molar-refractivity contribution in [2.45, 2.75) is 18.0 Å². The molecule has 1 heterocycles. The van der Waals surface area contributed by atoms with Gasteiger partial charge in [0.15, 0.2) is 0 Å². The fourth-order valence-corrected chi connectivity index (χ4v) is 2.02. The maximum atomic E-state index is 8.68. The first kappa shape index (κ1) is 14.4. The van der Waals surface area contributed by atoms with Crippen molar-refractivity contribution >= 4 is 11.8 Å². The summed E-state index contributed by atoms with van der Waals surface area (Å²) in [4.78, 5) is 4.36. The van der Waals surface area contributed by atoms with Gasteiger partial charge >= 0.3 is 0 Å². The van der Waals surface area contributed by atoms with Crippen molar-refractivity contribution < 1.29 is 9.84 Å². The first-order chi connectivity index (χ1) is 8.36. The molecule has 0 aliphatic heterocycles. The Hall–Kier alpha value is -0.620. The Morgan fingerprint density at radius 3 is 3.00 bits per heavy atom. The van der Waals surface area contributed by atoms with Crippen LogP contribution in [0, 0.1) is 0 Å². The molecule has 17 heavy (non-hydrogen) atoms. The van der Waals surface area contributed by atoms with Crippen LogP contribution in [0.3, 0.4) is 0 Å². The number of aliphatic hydroxyl groups excluding tert-OH is 1. The summed E-state index contributed by atoms with van der Waals surface area (Å²) in [5.74, 6) is 0.912. The Labute approximate surface area is 107 Å². The number of nitrogens with zero attached hydrogens (tertiary/aromatic N) is 1. The summed E-state index contributed by atoms with van der Waals surface area (Å²) >= 11 is 1.67. The van der Waals surface area contributed by atoms with Gasteiger partial charge in [-0.3, -0.25) is 0 Å². The van der Waals surface area contributed by atoms with Crippen LogP contribution < -0.4 is 5.32 Å². The fraction of sp³-hybridized carbons (Fsp3) is 0.583. The van der Waals surface area contributed by atoms with E-state index in [2.05, 4.69) is 16.4 Å².